The molecule has 1 fully saturated rings. The van der Waals surface area contributed by atoms with Crippen LogP contribution in [0.2, 0.25) is 5.02 Å². The number of rotatable bonds is 9. The van der Waals surface area contributed by atoms with Crippen LogP contribution in [0.3, 0.4) is 0 Å². The standard InChI is InChI=1S/C25H28ClN7O4/c26-19-6-9-22(33-15-28-31-32-33)18(13-19)5-10-23(34)30-21(12-16-2-1-11-27-14-16)24(35)29-20-7-3-17(4-8-20)25(36)37/h3-10,13,15-16,21,27,31-32H,1-2,11-12,14H2,(H,29,35)(H,30,34)(H,36,37)/b10-5+/t16?,21-/m0/s1. The molecule has 0 spiro atoms. The lowest BCUT2D eigenvalue weighted by atomic mass is 9.92. The van der Waals surface area contributed by atoms with Crippen molar-refractivity contribution in [3.63, 3.8) is 0 Å². The number of hydrogen-bond donors (Lipinski definition) is 6. The van der Waals surface area contributed by atoms with Gasteiger partial charge in [0.2, 0.25) is 11.8 Å². The number of amides is 2. The maximum atomic E-state index is 13.1. The van der Waals surface area contributed by atoms with Gasteiger partial charge in [-0.05, 0) is 86.8 Å². The van der Waals surface area contributed by atoms with E-state index in [1.807, 2.05) is 0 Å². The summed E-state index contributed by atoms with van der Waals surface area (Å²) in [5.74, 6) is -1.62. The second-order valence-corrected chi connectivity index (χ2v) is 9.19. The predicted octanol–water partition coefficient (Wildman–Crippen LogP) is 2.34. The van der Waals surface area contributed by atoms with E-state index in [4.69, 9.17) is 16.7 Å². The number of benzene rings is 2. The summed E-state index contributed by atoms with van der Waals surface area (Å²) in [6, 6.07) is 10.3. The van der Waals surface area contributed by atoms with E-state index in [2.05, 4.69) is 32.1 Å². The highest BCUT2D eigenvalue weighted by Gasteiger charge is 2.25. The van der Waals surface area contributed by atoms with Crippen LogP contribution in [0.25, 0.3) is 6.08 Å². The number of carbonyl (C=O) groups excluding carboxylic acids is 2. The highest BCUT2D eigenvalue weighted by atomic mass is 35.5. The van der Waals surface area contributed by atoms with E-state index in [0.717, 1.165) is 31.6 Å². The lowest BCUT2D eigenvalue weighted by molar-refractivity contribution is -0.124. The van der Waals surface area contributed by atoms with Gasteiger partial charge in [0.1, 0.15) is 12.4 Å². The summed E-state index contributed by atoms with van der Waals surface area (Å²) in [6.07, 6.45) is 6.95. The van der Waals surface area contributed by atoms with E-state index in [1.54, 1.807) is 35.6 Å². The molecule has 2 aliphatic heterocycles. The summed E-state index contributed by atoms with van der Waals surface area (Å²) < 4.78 is 0. The van der Waals surface area contributed by atoms with Gasteiger partial charge < -0.3 is 21.1 Å². The molecule has 0 radical (unpaired) electrons. The number of hydrazone groups is 1. The minimum absolute atomic E-state index is 0.118. The fraction of sp³-hybridized carbons (Fsp3) is 0.280. The Morgan fingerprint density at radius 2 is 2.03 bits per heavy atom. The molecular formula is C25H28ClN7O4. The third-order valence-electron chi connectivity index (χ3n) is 6.07. The average Bonchev–Trinajstić information content (AvgIpc) is 3.43. The smallest absolute Gasteiger partial charge is 0.335 e. The molecule has 0 aliphatic carbocycles. The molecule has 11 nitrogen and oxygen atoms in total. The number of piperidine rings is 1. The first kappa shape index (κ1) is 26.1. The van der Waals surface area contributed by atoms with Crippen molar-refractivity contribution in [3.05, 3.63) is 64.7 Å². The molecule has 0 bridgehead atoms. The normalized spacial score (nSPS) is 17.9. The van der Waals surface area contributed by atoms with Gasteiger partial charge in [0.15, 0.2) is 0 Å². The zero-order chi connectivity index (χ0) is 26.2. The summed E-state index contributed by atoms with van der Waals surface area (Å²) in [4.78, 5) is 37.1. The molecule has 2 aromatic rings. The number of aromatic carboxylic acids is 1. The monoisotopic (exact) mass is 525 g/mol. The average molecular weight is 526 g/mol. The molecule has 12 heteroatoms. The van der Waals surface area contributed by atoms with Crippen molar-refractivity contribution in [1.29, 1.82) is 0 Å². The van der Waals surface area contributed by atoms with Crippen LogP contribution in [-0.4, -0.2) is 48.4 Å². The van der Waals surface area contributed by atoms with E-state index in [0.29, 0.717) is 22.7 Å². The van der Waals surface area contributed by atoms with Gasteiger partial charge in [0.25, 0.3) is 0 Å². The Balaban J connectivity index is 1.47. The minimum atomic E-state index is -1.05. The number of nitrogens with zero attached hydrogens (tertiary/aromatic N) is 2. The zero-order valence-corrected chi connectivity index (χ0v) is 20.7. The highest BCUT2D eigenvalue weighted by molar-refractivity contribution is 6.30. The number of carboxylic acids is 1. The third-order valence-corrected chi connectivity index (χ3v) is 6.31. The molecule has 2 aromatic carbocycles. The summed E-state index contributed by atoms with van der Waals surface area (Å²) in [6.45, 7) is 1.71. The van der Waals surface area contributed by atoms with Crippen LogP contribution in [0.5, 0.6) is 0 Å². The van der Waals surface area contributed by atoms with E-state index in [9.17, 15) is 14.4 Å². The fourth-order valence-electron chi connectivity index (χ4n) is 4.20. The van der Waals surface area contributed by atoms with E-state index >= 15 is 0 Å². The lowest BCUT2D eigenvalue weighted by Gasteiger charge is -2.27. The number of hydrogen-bond acceptors (Lipinski definition) is 8. The Kier molecular flexibility index (Phi) is 8.72. The summed E-state index contributed by atoms with van der Waals surface area (Å²) in [5.41, 5.74) is 7.40. The molecule has 2 aliphatic rings. The topological polar surface area (TPSA) is 147 Å². The molecule has 4 rings (SSSR count). The quantitative estimate of drug-likeness (QED) is 0.273. The molecule has 2 atom stereocenters. The van der Waals surface area contributed by atoms with Gasteiger partial charge in [-0.2, -0.15) is 5.10 Å². The Morgan fingerprint density at radius 1 is 1.22 bits per heavy atom. The van der Waals surface area contributed by atoms with E-state index in [-0.39, 0.29) is 17.4 Å². The first-order valence-corrected chi connectivity index (χ1v) is 12.2. The first-order chi connectivity index (χ1) is 17.9. The van der Waals surface area contributed by atoms with Crippen molar-refractivity contribution in [2.24, 2.45) is 11.0 Å². The van der Waals surface area contributed by atoms with Crippen LogP contribution in [-0.2, 0) is 9.59 Å². The molecule has 1 saturated heterocycles. The maximum absolute atomic E-state index is 13.1. The fourth-order valence-corrected chi connectivity index (χ4v) is 4.38. The van der Waals surface area contributed by atoms with Crippen LogP contribution < -0.4 is 32.0 Å². The minimum Gasteiger partial charge on any atom is -0.478 e. The molecule has 1 unspecified atom stereocenters. The highest BCUT2D eigenvalue weighted by Crippen LogP contribution is 2.25. The van der Waals surface area contributed by atoms with Crippen molar-refractivity contribution < 1.29 is 19.5 Å². The first-order valence-electron chi connectivity index (χ1n) is 11.8. The number of anilines is 2. The molecule has 194 valence electrons. The number of nitrogens with one attached hydrogen (secondary N) is 5. The summed E-state index contributed by atoms with van der Waals surface area (Å²) in [5, 5.41) is 24.1. The molecule has 6 N–H and O–H groups in total. The van der Waals surface area contributed by atoms with Crippen molar-refractivity contribution in [2.75, 3.05) is 23.4 Å². The largest absolute Gasteiger partial charge is 0.478 e. The molecule has 37 heavy (non-hydrogen) atoms. The molecule has 2 heterocycles. The third kappa shape index (κ3) is 7.29. The van der Waals surface area contributed by atoms with Crippen LogP contribution in [0, 0.1) is 5.92 Å². The van der Waals surface area contributed by atoms with Crippen LogP contribution >= 0.6 is 11.6 Å². The van der Waals surface area contributed by atoms with Crippen molar-refractivity contribution in [1.82, 2.24) is 21.7 Å². The van der Waals surface area contributed by atoms with Gasteiger partial charge in [-0.1, -0.05) is 11.6 Å². The number of carbonyl (C=O) groups is 3. The van der Waals surface area contributed by atoms with Gasteiger partial charge in [-0.25, -0.2) is 15.3 Å². The zero-order valence-electron chi connectivity index (χ0n) is 19.9. The van der Waals surface area contributed by atoms with E-state index in [1.165, 1.54) is 30.3 Å². The summed E-state index contributed by atoms with van der Waals surface area (Å²) in [7, 11) is 0. The Bertz CT molecular complexity index is 1200. The number of halogens is 1. The predicted molar refractivity (Wildman–Crippen MR) is 142 cm³/mol. The lowest BCUT2D eigenvalue weighted by Crippen LogP contribution is -2.46. The van der Waals surface area contributed by atoms with Gasteiger partial charge >= 0.3 is 5.97 Å². The second kappa shape index (κ2) is 12.3. The second-order valence-electron chi connectivity index (χ2n) is 8.76. The molecule has 0 aromatic heterocycles. The van der Waals surface area contributed by atoms with Crippen LogP contribution in [0.15, 0.2) is 53.6 Å². The number of carboxylic acid groups (broad SMARTS) is 1. The molecule has 0 saturated carbocycles. The van der Waals surface area contributed by atoms with Crippen LogP contribution in [0.1, 0.15) is 35.2 Å². The van der Waals surface area contributed by atoms with Crippen molar-refractivity contribution >= 4 is 53.2 Å². The van der Waals surface area contributed by atoms with Gasteiger partial charge in [-0.3, -0.25) is 9.59 Å². The van der Waals surface area contributed by atoms with Gasteiger partial charge in [0, 0.05) is 22.3 Å². The van der Waals surface area contributed by atoms with Crippen molar-refractivity contribution in [2.45, 2.75) is 25.3 Å². The molecule has 2 amide bonds. The number of hydrazine groups is 2. The molecular weight excluding hydrogens is 498 g/mol. The Morgan fingerprint density at radius 3 is 2.70 bits per heavy atom. The van der Waals surface area contributed by atoms with Crippen LogP contribution in [0.4, 0.5) is 11.4 Å². The Labute approximate surface area is 218 Å². The van der Waals surface area contributed by atoms with Gasteiger partial charge in [0.05, 0.1) is 11.3 Å². The summed E-state index contributed by atoms with van der Waals surface area (Å²) >= 11 is 6.16. The Hall–Kier alpha value is -3.93. The SMILES string of the molecule is O=C(/C=C/c1cc(Cl)ccc1N1C=NNN1)N[C@@H](CC1CCCNC1)C(=O)Nc1ccc(C(=O)O)cc1. The van der Waals surface area contributed by atoms with Crippen molar-refractivity contribution in [3.8, 4) is 0 Å². The van der Waals surface area contributed by atoms with Gasteiger partial charge in [-0.15, -0.1) is 5.53 Å². The maximum Gasteiger partial charge on any atom is 0.335 e. The van der Waals surface area contributed by atoms with E-state index < -0.39 is 17.9 Å².